The Hall–Kier alpha value is -1.75. The minimum absolute atomic E-state index is 0.574. The minimum Gasteiger partial charge on any atom is -0.494 e. The Morgan fingerprint density at radius 1 is 1.29 bits per heavy atom. The summed E-state index contributed by atoms with van der Waals surface area (Å²) in [6, 6.07) is 3.66. The number of ether oxygens (including phenoxy) is 1. The van der Waals surface area contributed by atoms with Gasteiger partial charge in [-0.25, -0.2) is 4.98 Å². The van der Waals surface area contributed by atoms with Crippen LogP contribution in [0.1, 0.15) is 11.4 Å². The molecule has 5 heteroatoms. The fraction of sp³-hybridized carbons (Fsp3) is 0.250. The molecule has 0 fully saturated rings. The van der Waals surface area contributed by atoms with Crippen molar-refractivity contribution in [2.75, 3.05) is 7.11 Å². The van der Waals surface area contributed by atoms with Gasteiger partial charge in [0.25, 0.3) is 0 Å². The number of hydrogen-bond donors (Lipinski definition) is 1. The largest absolute Gasteiger partial charge is 0.494 e. The van der Waals surface area contributed by atoms with Crippen molar-refractivity contribution in [3.8, 4) is 17.1 Å². The van der Waals surface area contributed by atoms with E-state index in [-0.39, 0.29) is 0 Å². The number of nitrogens with zero attached hydrogens (tertiary/aromatic N) is 2. The van der Waals surface area contributed by atoms with Crippen molar-refractivity contribution in [2.45, 2.75) is 13.8 Å². The summed E-state index contributed by atoms with van der Waals surface area (Å²) in [5, 5.41) is 0. The summed E-state index contributed by atoms with van der Waals surface area (Å²) in [5.74, 6) is 0.669. The molecule has 0 aromatic carbocycles. The van der Waals surface area contributed by atoms with Crippen LogP contribution in [0.15, 0.2) is 18.3 Å². The number of rotatable bonds is 2. The standard InChI is InChI=1S/C12H13N3OS/c1-7-8(2)15-12(17)11(14-7)10-9(16-3)5-4-6-13-10/h4-6H,1-3H3,(H,15,17). The highest BCUT2D eigenvalue weighted by molar-refractivity contribution is 7.71. The first kappa shape index (κ1) is 11.7. The zero-order chi connectivity index (χ0) is 12.4. The maximum absolute atomic E-state index is 5.28. The topological polar surface area (TPSA) is 50.8 Å². The molecule has 0 spiro atoms. The second-order valence-corrected chi connectivity index (χ2v) is 4.09. The van der Waals surface area contributed by atoms with Gasteiger partial charge in [0.15, 0.2) is 0 Å². The van der Waals surface area contributed by atoms with E-state index in [9.17, 15) is 0 Å². The van der Waals surface area contributed by atoms with Gasteiger partial charge in [-0.1, -0.05) is 12.2 Å². The lowest BCUT2D eigenvalue weighted by molar-refractivity contribution is 0.414. The Morgan fingerprint density at radius 2 is 2.06 bits per heavy atom. The summed E-state index contributed by atoms with van der Waals surface area (Å²) in [5.41, 5.74) is 3.19. The predicted molar refractivity (Wildman–Crippen MR) is 68.7 cm³/mol. The lowest BCUT2D eigenvalue weighted by Gasteiger charge is -2.08. The van der Waals surface area contributed by atoms with Gasteiger partial charge in [0.05, 0.1) is 12.8 Å². The Kier molecular flexibility index (Phi) is 3.19. The molecule has 17 heavy (non-hydrogen) atoms. The molecule has 0 atom stereocenters. The highest BCUT2D eigenvalue weighted by Crippen LogP contribution is 2.26. The smallest absolute Gasteiger partial charge is 0.146 e. The van der Waals surface area contributed by atoms with Crippen molar-refractivity contribution < 1.29 is 4.74 Å². The van der Waals surface area contributed by atoms with E-state index >= 15 is 0 Å². The Bertz CT molecular complexity index is 607. The third kappa shape index (κ3) is 2.19. The van der Waals surface area contributed by atoms with E-state index < -0.39 is 0 Å². The van der Waals surface area contributed by atoms with Crippen LogP contribution < -0.4 is 4.74 Å². The first-order valence-electron chi connectivity index (χ1n) is 5.20. The summed E-state index contributed by atoms with van der Waals surface area (Å²) in [6.45, 7) is 3.87. The van der Waals surface area contributed by atoms with Gasteiger partial charge in [-0.05, 0) is 26.0 Å². The number of nitrogens with one attached hydrogen (secondary N) is 1. The van der Waals surface area contributed by atoms with Crippen molar-refractivity contribution >= 4 is 12.2 Å². The molecule has 0 saturated carbocycles. The van der Waals surface area contributed by atoms with E-state index in [0.29, 0.717) is 21.8 Å². The maximum Gasteiger partial charge on any atom is 0.146 e. The van der Waals surface area contributed by atoms with Gasteiger partial charge in [0, 0.05) is 11.9 Å². The van der Waals surface area contributed by atoms with E-state index in [1.807, 2.05) is 26.0 Å². The molecule has 4 nitrogen and oxygen atoms in total. The van der Waals surface area contributed by atoms with Crippen LogP contribution in [0, 0.1) is 18.5 Å². The summed E-state index contributed by atoms with van der Waals surface area (Å²) in [6.07, 6.45) is 1.70. The summed E-state index contributed by atoms with van der Waals surface area (Å²) >= 11 is 5.28. The third-order valence-corrected chi connectivity index (χ3v) is 2.85. The molecule has 0 bridgehead atoms. The second-order valence-electron chi connectivity index (χ2n) is 3.68. The summed E-state index contributed by atoms with van der Waals surface area (Å²) in [7, 11) is 1.61. The monoisotopic (exact) mass is 247 g/mol. The molecule has 0 aliphatic heterocycles. The van der Waals surface area contributed by atoms with Gasteiger partial charge in [0.2, 0.25) is 0 Å². The number of methoxy groups -OCH3 is 1. The maximum atomic E-state index is 5.28. The van der Waals surface area contributed by atoms with E-state index in [1.54, 1.807) is 13.3 Å². The molecule has 0 radical (unpaired) electrons. The molecule has 0 amide bonds. The zero-order valence-electron chi connectivity index (χ0n) is 9.94. The average Bonchev–Trinajstić information content (AvgIpc) is 2.34. The molecular weight excluding hydrogens is 234 g/mol. The van der Waals surface area contributed by atoms with Crippen molar-refractivity contribution in [3.05, 3.63) is 34.4 Å². The molecule has 1 N–H and O–H groups in total. The normalized spacial score (nSPS) is 10.3. The number of aromatic amines is 1. The van der Waals surface area contributed by atoms with Crippen molar-refractivity contribution in [3.63, 3.8) is 0 Å². The van der Waals surface area contributed by atoms with E-state index in [2.05, 4.69) is 15.0 Å². The number of pyridine rings is 1. The van der Waals surface area contributed by atoms with Crippen LogP contribution >= 0.6 is 12.2 Å². The molecular formula is C12H13N3OS. The molecule has 0 aliphatic carbocycles. The molecule has 2 rings (SSSR count). The van der Waals surface area contributed by atoms with Crippen LogP contribution in [-0.4, -0.2) is 22.1 Å². The molecule has 2 heterocycles. The summed E-state index contributed by atoms with van der Waals surface area (Å²) in [4.78, 5) is 11.9. The van der Waals surface area contributed by atoms with Crippen LogP contribution in [0.3, 0.4) is 0 Å². The lowest BCUT2D eigenvalue weighted by Crippen LogP contribution is -1.99. The van der Waals surface area contributed by atoms with Gasteiger partial charge < -0.3 is 9.72 Å². The average molecular weight is 247 g/mol. The van der Waals surface area contributed by atoms with Gasteiger partial charge in [-0.3, -0.25) is 4.98 Å². The van der Waals surface area contributed by atoms with Crippen LogP contribution in [0.5, 0.6) is 5.75 Å². The predicted octanol–water partition coefficient (Wildman–Crippen LogP) is 2.83. The van der Waals surface area contributed by atoms with Gasteiger partial charge in [0.1, 0.15) is 21.8 Å². The van der Waals surface area contributed by atoms with Crippen LogP contribution in [0.4, 0.5) is 0 Å². The van der Waals surface area contributed by atoms with Crippen molar-refractivity contribution in [1.82, 2.24) is 15.0 Å². The van der Waals surface area contributed by atoms with Crippen molar-refractivity contribution in [1.29, 1.82) is 0 Å². The Balaban J connectivity index is 2.69. The molecule has 0 saturated heterocycles. The zero-order valence-corrected chi connectivity index (χ0v) is 10.8. The molecule has 88 valence electrons. The van der Waals surface area contributed by atoms with Crippen LogP contribution in [0.2, 0.25) is 0 Å². The van der Waals surface area contributed by atoms with E-state index in [4.69, 9.17) is 17.0 Å². The Morgan fingerprint density at radius 3 is 2.76 bits per heavy atom. The number of hydrogen-bond acceptors (Lipinski definition) is 4. The molecule has 0 unspecified atom stereocenters. The fourth-order valence-electron chi connectivity index (χ4n) is 1.52. The summed E-state index contributed by atoms with van der Waals surface area (Å²) < 4.78 is 5.84. The number of aryl methyl sites for hydroxylation is 2. The van der Waals surface area contributed by atoms with Gasteiger partial charge in [-0.15, -0.1) is 0 Å². The molecule has 2 aromatic heterocycles. The SMILES string of the molecule is COc1cccnc1-c1nc(C)c(C)[nH]c1=S. The minimum atomic E-state index is 0.574. The van der Waals surface area contributed by atoms with Crippen LogP contribution in [-0.2, 0) is 0 Å². The van der Waals surface area contributed by atoms with Crippen LogP contribution in [0.25, 0.3) is 11.4 Å². The number of H-pyrrole nitrogens is 1. The van der Waals surface area contributed by atoms with Gasteiger partial charge in [-0.2, -0.15) is 0 Å². The fourth-order valence-corrected chi connectivity index (χ4v) is 1.81. The van der Waals surface area contributed by atoms with Gasteiger partial charge >= 0.3 is 0 Å². The molecule has 0 aliphatic rings. The van der Waals surface area contributed by atoms with E-state index in [1.165, 1.54) is 0 Å². The Labute approximate surface area is 105 Å². The third-order valence-electron chi connectivity index (χ3n) is 2.55. The highest BCUT2D eigenvalue weighted by Gasteiger charge is 2.11. The first-order valence-corrected chi connectivity index (χ1v) is 5.61. The second kappa shape index (κ2) is 4.63. The number of aromatic nitrogens is 3. The molecule has 2 aromatic rings. The quantitative estimate of drug-likeness (QED) is 0.829. The highest BCUT2D eigenvalue weighted by atomic mass is 32.1. The lowest BCUT2D eigenvalue weighted by atomic mass is 10.2. The van der Waals surface area contributed by atoms with Crippen molar-refractivity contribution in [2.24, 2.45) is 0 Å². The first-order chi connectivity index (χ1) is 8.13. The van der Waals surface area contributed by atoms with E-state index in [0.717, 1.165) is 11.4 Å².